The van der Waals surface area contributed by atoms with Crippen molar-refractivity contribution in [2.24, 2.45) is 5.92 Å². The molecule has 1 N–H and O–H groups in total. The minimum absolute atomic E-state index is 0.0707. The molecule has 1 heterocycles. The van der Waals surface area contributed by atoms with E-state index in [0.717, 1.165) is 24.8 Å². The number of likely N-dealkylation sites (tertiary alicyclic amines) is 1. The van der Waals surface area contributed by atoms with Crippen molar-refractivity contribution in [1.29, 1.82) is 5.26 Å². The van der Waals surface area contributed by atoms with Gasteiger partial charge in [0.05, 0.1) is 25.8 Å². The van der Waals surface area contributed by atoms with Gasteiger partial charge < -0.3 is 19.7 Å². The SMILES string of the molecule is CCCOc1ccc([C@@H](C)NC(=O)N2CCC(C#N)CC2)cc1OC. The quantitative estimate of drug-likeness (QED) is 0.856. The van der Waals surface area contributed by atoms with E-state index < -0.39 is 0 Å². The predicted octanol–water partition coefficient (Wildman–Crippen LogP) is 3.49. The molecule has 1 aromatic carbocycles. The Bertz CT molecular complexity index is 619. The molecule has 1 aliphatic rings. The van der Waals surface area contributed by atoms with Gasteiger partial charge >= 0.3 is 6.03 Å². The third-order valence-electron chi connectivity index (χ3n) is 4.45. The van der Waals surface area contributed by atoms with Crippen molar-refractivity contribution in [1.82, 2.24) is 10.2 Å². The maximum atomic E-state index is 12.4. The summed E-state index contributed by atoms with van der Waals surface area (Å²) >= 11 is 0. The van der Waals surface area contributed by atoms with Gasteiger partial charge in [0, 0.05) is 19.0 Å². The van der Waals surface area contributed by atoms with Crippen LogP contribution in [0.5, 0.6) is 11.5 Å². The fourth-order valence-corrected chi connectivity index (χ4v) is 2.86. The number of piperidine rings is 1. The van der Waals surface area contributed by atoms with Gasteiger partial charge in [0.1, 0.15) is 0 Å². The highest BCUT2D eigenvalue weighted by Crippen LogP contribution is 2.30. The molecule has 2 amide bonds. The number of ether oxygens (including phenoxy) is 2. The van der Waals surface area contributed by atoms with E-state index in [1.165, 1.54) is 0 Å². The summed E-state index contributed by atoms with van der Waals surface area (Å²) in [4.78, 5) is 14.2. The second kappa shape index (κ2) is 9.16. The Morgan fingerprint density at radius 3 is 2.72 bits per heavy atom. The van der Waals surface area contributed by atoms with Crippen molar-refractivity contribution in [3.63, 3.8) is 0 Å². The fourth-order valence-electron chi connectivity index (χ4n) is 2.86. The van der Waals surface area contributed by atoms with Crippen LogP contribution in [0.1, 0.15) is 44.7 Å². The number of nitrogens with one attached hydrogen (secondary N) is 1. The highest BCUT2D eigenvalue weighted by atomic mass is 16.5. The van der Waals surface area contributed by atoms with Gasteiger partial charge in [-0.25, -0.2) is 4.79 Å². The minimum Gasteiger partial charge on any atom is -0.493 e. The molecule has 0 radical (unpaired) electrons. The van der Waals surface area contributed by atoms with E-state index in [4.69, 9.17) is 14.7 Å². The Balaban J connectivity index is 1.97. The fraction of sp³-hybridized carbons (Fsp3) is 0.579. The van der Waals surface area contributed by atoms with E-state index in [2.05, 4.69) is 18.3 Å². The first-order valence-electron chi connectivity index (χ1n) is 8.84. The molecule has 0 aliphatic carbocycles. The van der Waals surface area contributed by atoms with Crippen molar-refractivity contribution in [2.45, 2.75) is 39.2 Å². The van der Waals surface area contributed by atoms with Gasteiger partial charge in [-0.2, -0.15) is 5.26 Å². The van der Waals surface area contributed by atoms with Crippen molar-refractivity contribution in [3.05, 3.63) is 23.8 Å². The number of amides is 2. The number of methoxy groups -OCH3 is 1. The summed E-state index contributed by atoms with van der Waals surface area (Å²) in [5.74, 6) is 1.45. The van der Waals surface area contributed by atoms with Crippen LogP contribution < -0.4 is 14.8 Å². The minimum atomic E-state index is -0.143. The molecule has 6 nitrogen and oxygen atoms in total. The lowest BCUT2D eigenvalue weighted by Gasteiger charge is -2.30. The third kappa shape index (κ3) is 5.02. The van der Waals surface area contributed by atoms with E-state index in [1.807, 2.05) is 25.1 Å². The van der Waals surface area contributed by atoms with Crippen molar-refractivity contribution < 1.29 is 14.3 Å². The van der Waals surface area contributed by atoms with Gasteiger partial charge in [0.25, 0.3) is 0 Å². The molecule has 1 saturated heterocycles. The lowest BCUT2D eigenvalue weighted by molar-refractivity contribution is 0.176. The number of hydrogen-bond acceptors (Lipinski definition) is 4. The molecular weight excluding hydrogens is 318 g/mol. The molecular formula is C19H27N3O3. The Morgan fingerprint density at radius 1 is 1.40 bits per heavy atom. The molecule has 0 bridgehead atoms. The predicted molar refractivity (Wildman–Crippen MR) is 95.6 cm³/mol. The van der Waals surface area contributed by atoms with Crippen LogP contribution in [-0.4, -0.2) is 37.7 Å². The summed E-state index contributed by atoms with van der Waals surface area (Å²) in [5.41, 5.74) is 0.959. The van der Waals surface area contributed by atoms with Gasteiger partial charge in [-0.1, -0.05) is 13.0 Å². The van der Waals surface area contributed by atoms with Gasteiger partial charge in [-0.3, -0.25) is 0 Å². The topological polar surface area (TPSA) is 74.6 Å². The Hall–Kier alpha value is -2.42. The number of nitrogens with zero attached hydrogens (tertiary/aromatic N) is 2. The second-order valence-corrected chi connectivity index (χ2v) is 6.32. The maximum Gasteiger partial charge on any atom is 0.317 e. The number of benzene rings is 1. The summed E-state index contributed by atoms with van der Waals surface area (Å²) in [7, 11) is 1.61. The summed E-state index contributed by atoms with van der Waals surface area (Å²) < 4.78 is 11.1. The van der Waals surface area contributed by atoms with Crippen LogP contribution in [0.15, 0.2) is 18.2 Å². The molecule has 1 aromatic rings. The first-order chi connectivity index (χ1) is 12.1. The average Bonchev–Trinajstić information content (AvgIpc) is 2.66. The van der Waals surface area contributed by atoms with Gasteiger partial charge in [0.15, 0.2) is 11.5 Å². The Morgan fingerprint density at radius 2 is 2.12 bits per heavy atom. The lowest BCUT2D eigenvalue weighted by Crippen LogP contribution is -2.45. The van der Waals surface area contributed by atoms with Crippen LogP contribution in [0, 0.1) is 17.2 Å². The number of carbonyl (C=O) groups is 1. The Kier molecular flexibility index (Phi) is 6.93. The normalized spacial score (nSPS) is 16.0. The first kappa shape index (κ1) is 18.9. The van der Waals surface area contributed by atoms with Crippen LogP contribution >= 0.6 is 0 Å². The van der Waals surface area contributed by atoms with Crippen LogP contribution in [0.4, 0.5) is 4.79 Å². The Labute approximate surface area is 149 Å². The molecule has 0 aromatic heterocycles. The lowest BCUT2D eigenvalue weighted by atomic mass is 9.99. The molecule has 2 rings (SSSR count). The van der Waals surface area contributed by atoms with Gasteiger partial charge in [-0.05, 0) is 43.9 Å². The number of nitriles is 1. The number of carbonyl (C=O) groups excluding carboxylic acids is 1. The van der Waals surface area contributed by atoms with E-state index in [-0.39, 0.29) is 18.0 Å². The van der Waals surface area contributed by atoms with Gasteiger partial charge in [0.2, 0.25) is 0 Å². The molecule has 1 aliphatic heterocycles. The zero-order valence-corrected chi connectivity index (χ0v) is 15.2. The molecule has 136 valence electrons. The molecule has 0 saturated carbocycles. The number of rotatable bonds is 6. The number of urea groups is 1. The van der Waals surface area contributed by atoms with Crippen molar-refractivity contribution in [3.8, 4) is 17.6 Å². The standard InChI is InChI=1S/C19H27N3O3/c1-4-11-25-17-6-5-16(12-18(17)24-3)14(2)21-19(23)22-9-7-15(13-20)8-10-22/h5-6,12,14-15H,4,7-11H2,1-3H3,(H,21,23)/t14-/m1/s1. The van der Waals surface area contributed by atoms with Crippen LogP contribution in [0.2, 0.25) is 0 Å². The smallest absolute Gasteiger partial charge is 0.317 e. The summed E-state index contributed by atoms with van der Waals surface area (Å²) in [6.45, 7) is 5.90. The zero-order valence-electron chi connectivity index (χ0n) is 15.2. The molecule has 0 unspecified atom stereocenters. The van der Waals surface area contributed by atoms with Gasteiger partial charge in [-0.15, -0.1) is 0 Å². The highest BCUT2D eigenvalue weighted by Gasteiger charge is 2.23. The molecule has 1 fully saturated rings. The molecule has 0 spiro atoms. The van der Waals surface area contributed by atoms with Crippen molar-refractivity contribution in [2.75, 3.05) is 26.8 Å². The maximum absolute atomic E-state index is 12.4. The molecule has 25 heavy (non-hydrogen) atoms. The second-order valence-electron chi connectivity index (χ2n) is 6.32. The zero-order chi connectivity index (χ0) is 18.2. The first-order valence-corrected chi connectivity index (χ1v) is 8.84. The van der Waals surface area contributed by atoms with E-state index >= 15 is 0 Å². The largest absolute Gasteiger partial charge is 0.493 e. The highest BCUT2D eigenvalue weighted by molar-refractivity contribution is 5.74. The van der Waals surface area contributed by atoms with E-state index in [1.54, 1.807) is 12.0 Å². The summed E-state index contributed by atoms with van der Waals surface area (Å²) in [6.07, 6.45) is 2.42. The van der Waals surface area contributed by atoms with E-state index in [0.29, 0.717) is 31.2 Å². The average molecular weight is 345 g/mol. The molecule has 1 atom stereocenters. The monoisotopic (exact) mass is 345 g/mol. The number of hydrogen-bond donors (Lipinski definition) is 1. The summed E-state index contributed by atoms with van der Waals surface area (Å²) in [6, 6.07) is 7.77. The molecule has 6 heteroatoms. The van der Waals surface area contributed by atoms with E-state index in [9.17, 15) is 4.79 Å². The van der Waals surface area contributed by atoms with Crippen LogP contribution in [-0.2, 0) is 0 Å². The summed E-state index contributed by atoms with van der Waals surface area (Å²) in [5, 5.41) is 12.0. The third-order valence-corrected chi connectivity index (χ3v) is 4.45. The van der Waals surface area contributed by atoms with Crippen LogP contribution in [0.25, 0.3) is 0 Å². The van der Waals surface area contributed by atoms with Crippen molar-refractivity contribution >= 4 is 6.03 Å². The van der Waals surface area contributed by atoms with Crippen LogP contribution in [0.3, 0.4) is 0 Å².